The normalized spacial score (nSPS) is 9.44. The molecule has 0 aliphatic carbocycles. The molecule has 0 saturated carbocycles. The average Bonchev–Trinajstić information content (AvgIpc) is 1.19. The van der Waals surface area contributed by atoms with Crippen LogP contribution in [0.5, 0.6) is 0 Å². The van der Waals surface area contributed by atoms with Crippen molar-refractivity contribution in [3.05, 3.63) is 0 Å². The summed E-state index contributed by atoms with van der Waals surface area (Å²) in [6.45, 7) is 0. The van der Waals surface area contributed by atoms with E-state index in [9.17, 15) is 4.57 Å². The van der Waals surface area contributed by atoms with Gasteiger partial charge in [0, 0.05) is 0 Å². The summed E-state index contributed by atoms with van der Waals surface area (Å²) in [4.78, 5) is 7.63. The number of hydrogen-bond acceptors (Lipinski definition) is 2. The summed E-state index contributed by atoms with van der Waals surface area (Å²) in [5.74, 6) is 0. The zero-order valence-electron chi connectivity index (χ0n) is 4.47. The van der Waals surface area contributed by atoms with Crippen LogP contribution >= 0.6 is 15.8 Å². The predicted molar refractivity (Wildman–Crippen MR) is 34.2 cm³/mol. The molecule has 0 bridgehead atoms. The first-order valence-electron chi connectivity index (χ1n) is 1.60. The van der Waals surface area contributed by atoms with Crippen molar-refractivity contribution in [3.63, 3.8) is 0 Å². The van der Waals surface area contributed by atoms with Crippen molar-refractivity contribution in [2.24, 2.45) is 22.0 Å². The van der Waals surface area contributed by atoms with Gasteiger partial charge in [0.1, 0.15) is 0 Å². The molecule has 0 aromatic rings. The van der Waals surface area contributed by atoms with Gasteiger partial charge in [0.2, 0.25) is 0 Å². The first kappa shape index (κ1) is 11.9. The topological polar surface area (TPSA) is 158 Å². The van der Waals surface area contributed by atoms with Crippen molar-refractivity contribution in [3.8, 4) is 0 Å². The van der Waals surface area contributed by atoms with Crippen LogP contribution in [-0.4, -0.2) is 4.89 Å². The smallest absolute Gasteiger partial charge is 0.322 e. The highest BCUT2D eigenvalue weighted by atomic mass is 31.2. The van der Waals surface area contributed by atoms with E-state index >= 15 is 0 Å². The predicted octanol–water partition coefficient (Wildman–Crippen LogP) is -1.43. The zero-order chi connectivity index (χ0) is 8.08. The Hall–Kier alpha value is 0.130. The second kappa shape index (κ2) is 4.96. The van der Waals surface area contributed by atoms with Crippen LogP contribution in [0.4, 0.5) is 0 Å². The summed E-state index contributed by atoms with van der Waals surface area (Å²) in [5, 5.41) is 0. The highest BCUT2D eigenvalue weighted by molar-refractivity contribution is 7.52. The van der Waals surface area contributed by atoms with Gasteiger partial charge in [-0.3, -0.25) is 4.57 Å². The Balaban J connectivity index is 0. The third kappa shape index (κ3) is 18100. The fraction of sp³-hybridized carbons (Fsp3) is 0. The van der Waals surface area contributed by atoms with Crippen LogP contribution in [0.3, 0.4) is 0 Å². The molecule has 0 rings (SSSR count). The number of hydrogen-bond donors (Lipinski definition) is 5. The Morgan fingerprint density at radius 2 is 1.33 bits per heavy atom. The molecular weight excluding hydrogens is 166 g/mol. The van der Waals surface area contributed by atoms with Crippen LogP contribution in [0.2, 0.25) is 0 Å². The molecule has 9 heavy (non-hydrogen) atoms. The van der Waals surface area contributed by atoms with Gasteiger partial charge in [0.25, 0.3) is 0 Å². The van der Waals surface area contributed by atoms with Crippen LogP contribution in [0.15, 0.2) is 0 Å². The van der Waals surface area contributed by atoms with E-state index in [2.05, 4.69) is 22.0 Å². The number of rotatable bonds is 0. The standard InChI is InChI=1S/H5N2O2P.H4N2OP/c1-5(2,3)4;1-4(2)3/h(H5,1,2,3,4);(H4,1,2,3)/q;+1. The lowest BCUT2D eigenvalue weighted by Crippen LogP contribution is -2.01. The fourth-order valence-electron chi connectivity index (χ4n) is 0. The summed E-state index contributed by atoms with van der Waals surface area (Å²) < 4.78 is 18.5. The van der Waals surface area contributed by atoms with Gasteiger partial charge in [-0.2, -0.15) is 0 Å². The quantitative estimate of drug-likeness (QED) is 0.282. The monoisotopic (exact) mass is 175 g/mol. The van der Waals surface area contributed by atoms with Gasteiger partial charge in [-0.25, -0.2) is 11.0 Å². The van der Waals surface area contributed by atoms with Crippen molar-refractivity contribution < 1.29 is 14.0 Å². The fourth-order valence-corrected chi connectivity index (χ4v) is 0. The first-order chi connectivity index (χ1) is 3.73. The second-order valence-electron chi connectivity index (χ2n) is 1.03. The molecule has 9 N–H and O–H groups in total. The Kier molecular flexibility index (Phi) is 6.54. The Morgan fingerprint density at radius 3 is 1.33 bits per heavy atom. The molecule has 0 spiro atoms. The third-order valence-corrected chi connectivity index (χ3v) is 0. The lowest BCUT2D eigenvalue weighted by atomic mass is 13.9. The van der Waals surface area contributed by atoms with E-state index in [1.54, 1.807) is 0 Å². The van der Waals surface area contributed by atoms with E-state index in [1.165, 1.54) is 0 Å². The largest absolute Gasteiger partial charge is 0.526 e. The molecule has 0 amide bonds. The Labute approximate surface area is 52.8 Å². The lowest BCUT2D eigenvalue weighted by Gasteiger charge is -1.86. The van der Waals surface area contributed by atoms with Crippen molar-refractivity contribution in [2.45, 2.75) is 0 Å². The van der Waals surface area contributed by atoms with Gasteiger partial charge in [-0.05, 0) is 4.57 Å². The maximum atomic E-state index is 9.33. The SMILES string of the molecule is NP(N)(=O)O.N[P+](N)=O. The molecule has 0 atom stereocenters. The molecule has 0 fully saturated rings. The van der Waals surface area contributed by atoms with E-state index in [0.29, 0.717) is 0 Å². The van der Waals surface area contributed by atoms with E-state index in [4.69, 9.17) is 9.46 Å². The minimum Gasteiger partial charge on any atom is -0.322 e. The van der Waals surface area contributed by atoms with Crippen LogP contribution in [0.25, 0.3) is 0 Å². The minimum atomic E-state index is -3.64. The van der Waals surface area contributed by atoms with Crippen LogP contribution < -0.4 is 22.0 Å². The molecule has 7 nitrogen and oxygen atoms in total. The van der Waals surface area contributed by atoms with Crippen molar-refractivity contribution in [1.29, 1.82) is 0 Å². The highest BCUT2D eigenvalue weighted by Crippen LogP contribution is 2.13. The summed E-state index contributed by atoms with van der Waals surface area (Å²) in [6, 6.07) is 0. The molecule has 0 aromatic heterocycles. The molecule has 0 aliphatic heterocycles. The van der Waals surface area contributed by atoms with E-state index in [1.807, 2.05) is 0 Å². The van der Waals surface area contributed by atoms with Crippen LogP contribution in [-0.2, 0) is 9.13 Å². The molecule has 9 heteroatoms. The van der Waals surface area contributed by atoms with Gasteiger partial charge in [0.05, 0.1) is 0 Å². The maximum Gasteiger partial charge on any atom is 0.526 e. The van der Waals surface area contributed by atoms with Gasteiger partial charge < -0.3 is 4.89 Å². The molecule has 0 aromatic carbocycles. The Morgan fingerprint density at radius 1 is 1.33 bits per heavy atom. The van der Waals surface area contributed by atoms with Crippen LogP contribution in [0, 0.1) is 0 Å². The third-order valence-electron chi connectivity index (χ3n) is 0. The van der Waals surface area contributed by atoms with E-state index < -0.39 is 15.8 Å². The maximum absolute atomic E-state index is 9.33. The highest BCUT2D eigenvalue weighted by Gasteiger charge is 1.93. The first-order valence-corrected chi connectivity index (χ1v) is 4.79. The molecule has 0 radical (unpaired) electrons. The van der Waals surface area contributed by atoms with Crippen molar-refractivity contribution in [1.82, 2.24) is 0 Å². The van der Waals surface area contributed by atoms with Gasteiger partial charge in [-0.1, -0.05) is 0 Å². The van der Waals surface area contributed by atoms with E-state index in [0.717, 1.165) is 0 Å². The second-order valence-corrected chi connectivity index (χ2v) is 3.10. The molecule has 0 saturated heterocycles. The average molecular weight is 175 g/mol. The summed E-state index contributed by atoms with van der Waals surface area (Å²) in [6.07, 6.45) is 0. The molecule has 0 unspecified atom stereocenters. The summed E-state index contributed by atoms with van der Waals surface area (Å²) >= 11 is 0. The van der Waals surface area contributed by atoms with Crippen molar-refractivity contribution >= 4 is 15.8 Å². The summed E-state index contributed by atoms with van der Waals surface area (Å²) in [5.41, 5.74) is 17.3. The van der Waals surface area contributed by atoms with Crippen LogP contribution in [0.1, 0.15) is 0 Å². The van der Waals surface area contributed by atoms with Gasteiger partial charge in [-0.15, -0.1) is 11.0 Å². The number of nitrogens with two attached hydrogens (primary N) is 4. The lowest BCUT2D eigenvalue weighted by molar-refractivity contribution is 0.481. The molecule has 56 valence electrons. The molecular formula is H9N4O3P2+. The Bertz CT molecular complexity index is 114. The van der Waals surface area contributed by atoms with E-state index in [-0.39, 0.29) is 0 Å². The van der Waals surface area contributed by atoms with Crippen molar-refractivity contribution in [2.75, 3.05) is 0 Å². The molecule has 0 aliphatic rings. The molecule has 0 heterocycles. The zero-order valence-corrected chi connectivity index (χ0v) is 6.26. The summed E-state index contributed by atoms with van der Waals surface area (Å²) in [7, 11) is -5.51. The van der Waals surface area contributed by atoms with Gasteiger partial charge >= 0.3 is 15.8 Å². The minimum absolute atomic E-state index is 1.87. The van der Waals surface area contributed by atoms with Gasteiger partial charge in [0.15, 0.2) is 0 Å².